The predicted octanol–water partition coefficient (Wildman–Crippen LogP) is 5.86. The number of rotatable bonds is 9. The zero-order valence-electron chi connectivity index (χ0n) is 23.8. The van der Waals surface area contributed by atoms with Crippen molar-refractivity contribution < 1.29 is 19.4 Å². The van der Waals surface area contributed by atoms with Crippen LogP contribution >= 0.6 is 0 Å². The Morgan fingerprint density at radius 3 is 2.30 bits per heavy atom. The lowest BCUT2D eigenvalue weighted by molar-refractivity contribution is -0.141. The van der Waals surface area contributed by atoms with Gasteiger partial charge in [-0.1, -0.05) is 30.3 Å². The maximum atomic E-state index is 13.8. The second kappa shape index (κ2) is 13.4. The third-order valence-electron chi connectivity index (χ3n) is 7.12. The number of aliphatic hydroxyl groups is 1. The Kier molecular flexibility index (Phi) is 9.72. The molecule has 0 aliphatic heterocycles. The number of aromatic nitrogens is 1. The number of benzene rings is 2. The highest BCUT2D eigenvalue weighted by atomic mass is 16.5. The SMILES string of the molecule is CC(C)OC(=O)/C=C/c1cccc(N(Cc2ccc(-c3ccc(N(C)C)cc3)cn2)C(=O)C2CCC(O)CC2)c1. The van der Waals surface area contributed by atoms with Crippen molar-refractivity contribution >= 4 is 29.3 Å². The fourth-order valence-electron chi connectivity index (χ4n) is 4.87. The molecule has 0 spiro atoms. The van der Waals surface area contributed by atoms with E-state index in [1.54, 1.807) is 11.0 Å². The van der Waals surface area contributed by atoms with E-state index in [-0.39, 0.29) is 24.0 Å². The molecule has 0 atom stereocenters. The van der Waals surface area contributed by atoms with E-state index in [0.29, 0.717) is 32.2 Å². The lowest BCUT2D eigenvalue weighted by atomic mass is 9.86. The summed E-state index contributed by atoms with van der Waals surface area (Å²) in [6.07, 6.45) is 6.99. The van der Waals surface area contributed by atoms with Gasteiger partial charge in [-0.2, -0.15) is 0 Å². The summed E-state index contributed by atoms with van der Waals surface area (Å²) in [6, 6.07) is 19.9. The van der Waals surface area contributed by atoms with Crippen LogP contribution in [0.2, 0.25) is 0 Å². The highest BCUT2D eigenvalue weighted by Gasteiger charge is 2.30. The standard InChI is InChI=1S/C33H39N3O4/c1-23(2)40-32(38)19-8-24-6-5-7-30(20-24)36(33(39)26-12-17-31(37)18-13-26)22-28-14-9-27(21-34-28)25-10-15-29(16-11-25)35(3)4/h5-11,14-16,19-21,23,26,31,37H,12-13,17-18,22H2,1-4H3/b19-8+. The Bertz CT molecular complexity index is 1310. The normalized spacial score (nSPS) is 17.1. The van der Waals surface area contributed by atoms with Gasteiger partial charge < -0.3 is 19.6 Å². The average Bonchev–Trinajstić information content (AvgIpc) is 2.95. The van der Waals surface area contributed by atoms with Crippen LogP contribution in [0.3, 0.4) is 0 Å². The van der Waals surface area contributed by atoms with E-state index in [1.807, 2.05) is 70.5 Å². The lowest BCUT2D eigenvalue weighted by Gasteiger charge is -2.31. The quantitative estimate of drug-likeness (QED) is 0.270. The molecule has 1 aliphatic rings. The van der Waals surface area contributed by atoms with Gasteiger partial charge in [0, 0.05) is 49.2 Å². The molecule has 1 fully saturated rings. The topological polar surface area (TPSA) is 83.0 Å². The van der Waals surface area contributed by atoms with Gasteiger partial charge in [0.15, 0.2) is 0 Å². The molecule has 1 saturated carbocycles. The van der Waals surface area contributed by atoms with Gasteiger partial charge in [-0.15, -0.1) is 0 Å². The number of anilines is 2. The number of hydrogen-bond acceptors (Lipinski definition) is 6. The van der Waals surface area contributed by atoms with Crippen molar-refractivity contribution in [1.82, 2.24) is 4.98 Å². The molecule has 40 heavy (non-hydrogen) atoms. The molecule has 210 valence electrons. The van der Waals surface area contributed by atoms with Gasteiger partial charge in [-0.3, -0.25) is 9.78 Å². The van der Waals surface area contributed by atoms with E-state index in [2.05, 4.69) is 29.2 Å². The van der Waals surface area contributed by atoms with Crippen molar-refractivity contribution in [3.63, 3.8) is 0 Å². The van der Waals surface area contributed by atoms with Crippen LogP contribution in [0.15, 0.2) is 72.9 Å². The monoisotopic (exact) mass is 541 g/mol. The summed E-state index contributed by atoms with van der Waals surface area (Å²) in [5.41, 5.74) is 5.52. The number of carbonyl (C=O) groups excluding carboxylic acids is 2. The fraction of sp³-hybridized carbons (Fsp3) is 0.364. The van der Waals surface area contributed by atoms with Gasteiger partial charge >= 0.3 is 5.97 Å². The zero-order chi connectivity index (χ0) is 28.6. The van der Waals surface area contributed by atoms with Gasteiger partial charge in [0.1, 0.15) is 0 Å². The number of ether oxygens (including phenoxy) is 1. The molecule has 0 unspecified atom stereocenters. The van der Waals surface area contributed by atoms with E-state index in [0.717, 1.165) is 33.8 Å². The predicted molar refractivity (Wildman–Crippen MR) is 160 cm³/mol. The van der Waals surface area contributed by atoms with Gasteiger partial charge in [0.25, 0.3) is 0 Å². The summed E-state index contributed by atoms with van der Waals surface area (Å²) in [7, 11) is 4.03. The van der Waals surface area contributed by atoms with Gasteiger partial charge in [-0.05, 0) is 87.1 Å². The highest BCUT2D eigenvalue weighted by Crippen LogP contribution is 2.30. The minimum atomic E-state index is -0.408. The average molecular weight is 542 g/mol. The molecular formula is C33H39N3O4. The molecule has 2 aromatic carbocycles. The van der Waals surface area contributed by atoms with Crippen LogP contribution in [0.4, 0.5) is 11.4 Å². The Morgan fingerprint density at radius 1 is 0.975 bits per heavy atom. The fourth-order valence-corrected chi connectivity index (χ4v) is 4.87. The Labute approximate surface area is 237 Å². The molecule has 1 heterocycles. The number of esters is 1. The van der Waals surface area contributed by atoms with Crippen LogP contribution in [-0.4, -0.2) is 48.3 Å². The van der Waals surface area contributed by atoms with Crippen LogP contribution in [0.25, 0.3) is 17.2 Å². The van der Waals surface area contributed by atoms with Crippen molar-refractivity contribution in [3.05, 3.63) is 84.2 Å². The van der Waals surface area contributed by atoms with Gasteiger partial charge in [0.05, 0.1) is 24.4 Å². The maximum absolute atomic E-state index is 13.8. The molecule has 1 N–H and O–H groups in total. The Hall–Kier alpha value is -3.97. The molecular weight excluding hydrogens is 502 g/mol. The van der Waals surface area contributed by atoms with E-state index in [9.17, 15) is 14.7 Å². The number of hydrogen-bond donors (Lipinski definition) is 1. The van der Waals surface area contributed by atoms with E-state index < -0.39 is 5.97 Å². The first kappa shape index (κ1) is 29.0. The molecule has 1 aliphatic carbocycles. The van der Waals surface area contributed by atoms with Gasteiger partial charge in [-0.25, -0.2) is 4.79 Å². The van der Waals surface area contributed by atoms with Crippen molar-refractivity contribution in [2.24, 2.45) is 5.92 Å². The molecule has 1 amide bonds. The maximum Gasteiger partial charge on any atom is 0.331 e. The van der Waals surface area contributed by atoms with Crippen LogP contribution < -0.4 is 9.80 Å². The smallest absolute Gasteiger partial charge is 0.331 e. The number of pyridine rings is 1. The summed E-state index contributed by atoms with van der Waals surface area (Å²) >= 11 is 0. The second-order valence-corrected chi connectivity index (χ2v) is 10.8. The van der Waals surface area contributed by atoms with Crippen LogP contribution in [0, 0.1) is 5.92 Å². The first-order valence-corrected chi connectivity index (χ1v) is 13.9. The van der Waals surface area contributed by atoms with Crippen LogP contribution in [0.1, 0.15) is 50.8 Å². The van der Waals surface area contributed by atoms with Crippen molar-refractivity contribution in [3.8, 4) is 11.1 Å². The minimum Gasteiger partial charge on any atom is -0.460 e. The Balaban J connectivity index is 1.57. The third kappa shape index (κ3) is 7.79. The summed E-state index contributed by atoms with van der Waals surface area (Å²) in [4.78, 5) is 34.4. The number of carbonyl (C=O) groups is 2. The molecule has 4 rings (SSSR count). The zero-order valence-corrected chi connectivity index (χ0v) is 23.8. The van der Waals surface area contributed by atoms with E-state index in [4.69, 9.17) is 9.72 Å². The summed E-state index contributed by atoms with van der Waals surface area (Å²) in [5, 5.41) is 9.97. The van der Waals surface area contributed by atoms with Gasteiger partial charge in [0.2, 0.25) is 5.91 Å². The van der Waals surface area contributed by atoms with Crippen molar-refractivity contribution in [1.29, 1.82) is 0 Å². The molecule has 0 bridgehead atoms. The molecule has 3 aromatic rings. The lowest BCUT2D eigenvalue weighted by Crippen LogP contribution is -2.38. The Morgan fingerprint density at radius 2 is 1.68 bits per heavy atom. The molecule has 0 radical (unpaired) electrons. The van der Waals surface area contributed by atoms with Crippen LogP contribution in [-0.2, 0) is 20.9 Å². The largest absolute Gasteiger partial charge is 0.460 e. The molecule has 7 nitrogen and oxygen atoms in total. The molecule has 0 saturated heterocycles. The third-order valence-corrected chi connectivity index (χ3v) is 7.12. The number of nitrogens with zero attached hydrogens (tertiary/aromatic N) is 3. The first-order chi connectivity index (χ1) is 19.2. The first-order valence-electron chi connectivity index (χ1n) is 13.9. The highest BCUT2D eigenvalue weighted by molar-refractivity contribution is 5.95. The number of amides is 1. The van der Waals surface area contributed by atoms with E-state index >= 15 is 0 Å². The minimum absolute atomic E-state index is 0.0254. The molecule has 7 heteroatoms. The van der Waals surface area contributed by atoms with E-state index in [1.165, 1.54) is 6.08 Å². The number of aliphatic hydroxyl groups excluding tert-OH is 1. The molecule has 1 aromatic heterocycles. The van der Waals surface area contributed by atoms with Crippen LogP contribution in [0.5, 0.6) is 0 Å². The van der Waals surface area contributed by atoms with Crippen molar-refractivity contribution in [2.75, 3.05) is 23.9 Å². The summed E-state index contributed by atoms with van der Waals surface area (Å²) in [6.45, 7) is 3.93. The second-order valence-electron chi connectivity index (χ2n) is 10.8. The summed E-state index contributed by atoms with van der Waals surface area (Å²) in [5.74, 6) is -0.537. The van der Waals surface area contributed by atoms with Crippen molar-refractivity contribution in [2.45, 2.75) is 58.3 Å². The summed E-state index contributed by atoms with van der Waals surface area (Å²) < 4.78 is 5.19.